The molecule has 0 saturated heterocycles. The van der Waals surface area contributed by atoms with Crippen molar-refractivity contribution in [2.24, 2.45) is 0 Å². The Balaban J connectivity index is 1.25. The van der Waals surface area contributed by atoms with E-state index >= 15 is 0 Å². The summed E-state index contributed by atoms with van der Waals surface area (Å²) in [7, 11) is 0. The highest BCUT2D eigenvalue weighted by Crippen LogP contribution is 2.32. The van der Waals surface area contributed by atoms with Crippen LogP contribution in [-0.4, -0.2) is 19.7 Å². The number of nitrogens with one attached hydrogen (secondary N) is 1. The first-order valence-electron chi connectivity index (χ1n) is 11.7. The van der Waals surface area contributed by atoms with E-state index in [0.717, 1.165) is 47.2 Å². The van der Waals surface area contributed by atoms with Gasteiger partial charge < -0.3 is 14.8 Å². The molecule has 1 atom stereocenters. The zero-order valence-corrected chi connectivity index (χ0v) is 19.3. The van der Waals surface area contributed by atoms with Gasteiger partial charge in [-0.3, -0.25) is 0 Å². The van der Waals surface area contributed by atoms with Crippen molar-refractivity contribution < 1.29 is 22.6 Å². The van der Waals surface area contributed by atoms with E-state index in [1.807, 2.05) is 54.6 Å². The van der Waals surface area contributed by atoms with Gasteiger partial charge in [0.15, 0.2) is 0 Å². The summed E-state index contributed by atoms with van der Waals surface area (Å²) in [6.45, 7) is 2.09. The largest absolute Gasteiger partial charge is 0.493 e. The molecule has 6 heteroatoms. The van der Waals surface area contributed by atoms with Gasteiger partial charge in [0, 0.05) is 11.8 Å². The van der Waals surface area contributed by atoms with E-state index in [-0.39, 0.29) is 6.10 Å². The lowest BCUT2D eigenvalue weighted by Gasteiger charge is -2.20. The van der Waals surface area contributed by atoms with Crippen LogP contribution in [0.5, 0.6) is 11.5 Å². The van der Waals surface area contributed by atoms with Gasteiger partial charge in [-0.2, -0.15) is 13.2 Å². The highest BCUT2D eigenvalue weighted by atomic mass is 19.4. The molecule has 4 aromatic rings. The van der Waals surface area contributed by atoms with E-state index in [1.165, 1.54) is 12.1 Å². The zero-order valence-electron chi connectivity index (χ0n) is 19.3. The Bertz CT molecular complexity index is 1190. The Morgan fingerprint density at radius 2 is 1.46 bits per heavy atom. The third kappa shape index (κ3) is 6.99. The molecule has 0 aliphatic rings. The van der Waals surface area contributed by atoms with Gasteiger partial charge in [0.1, 0.15) is 17.6 Å². The Labute approximate surface area is 203 Å². The van der Waals surface area contributed by atoms with Crippen molar-refractivity contribution in [3.63, 3.8) is 0 Å². The van der Waals surface area contributed by atoms with Gasteiger partial charge in [0.05, 0.1) is 12.2 Å². The minimum Gasteiger partial charge on any atom is -0.493 e. The molecule has 0 spiro atoms. The molecule has 1 unspecified atom stereocenters. The maximum absolute atomic E-state index is 12.8. The molecule has 35 heavy (non-hydrogen) atoms. The van der Waals surface area contributed by atoms with Crippen molar-refractivity contribution in [2.75, 3.05) is 19.7 Å². The molecule has 0 aliphatic carbocycles. The van der Waals surface area contributed by atoms with E-state index in [9.17, 15) is 13.2 Å². The number of fused-ring (bicyclic) bond motifs is 1. The quantitative estimate of drug-likeness (QED) is 0.227. The monoisotopic (exact) mass is 479 g/mol. The van der Waals surface area contributed by atoms with Crippen LogP contribution in [-0.2, 0) is 6.18 Å². The number of ether oxygens (including phenoxy) is 2. The van der Waals surface area contributed by atoms with Crippen LogP contribution in [0.15, 0.2) is 97.1 Å². The van der Waals surface area contributed by atoms with Crippen molar-refractivity contribution in [3.05, 3.63) is 108 Å². The first-order valence-corrected chi connectivity index (χ1v) is 11.7. The van der Waals surface area contributed by atoms with Crippen molar-refractivity contribution >= 4 is 10.8 Å². The summed E-state index contributed by atoms with van der Waals surface area (Å²) in [5, 5.41) is 5.68. The highest BCUT2D eigenvalue weighted by Gasteiger charge is 2.30. The molecule has 0 aromatic heterocycles. The van der Waals surface area contributed by atoms with E-state index in [0.29, 0.717) is 25.3 Å². The van der Waals surface area contributed by atoms with Crippen LogP contribution in [0.25, 0.3) is 10.8 Å². The fourth-order valence-corrected chi connectivity index (χ4v) is 3.91. The van der Waals surface area contributed by atoms with Crippen LogP contribution in [0, 0.1) is 0 Å². The van der Waals surface area contributed by atoms with E-state index < -0.39 is 11.7 Å². The lowest BCUT2D eigenvalue weighted by Crippen LogP contribution is -2.22. The molecule has 0 radical (unpaired) electrons. The summed E-state index contributed by atoms with van der Waals surface area (Å²) in [5.41, 5.74) is 0.294. The second kappa shape index (κ2) is 11.8. The number of hydrogen-bond acceptors (Lipinski definition) is 3. The summed E-state index contributed by atoms with van der Waals surface area (Å²) in [4.78, 5) is 0. The standard InChI is InChI=1S/C29H28F3NO2/c30-29(31,32)24-14-16-25(17-15-24)35-27(23-9-2-1-3-10-23)18-20-33-19-7-21-34-28-13-6-11-22-8-4-5-12-26(22)28/h1-6,8-17,27,33H,7,18-21H2. The molecule has 4 rings (SSSR count). The number of hydrogen-bond donors (Lipinski definition) is 1. The predicted octanol–water partition coefficient (Wildman–Crippen LogP) is 7.43. The van der Waals surface area contributed by atoms with Gasteiger partial charge >= 0.3 is 6.18 Å². The first kappa shape index (κ1) is 24.6. The van der Waals surface area contributed by atoms with Crippen molar-refractivity contribution in [1.29, 1.82) is 0 Å². The molecule has 0 aliphatic heterocycles. The smallest absolute Gasteiger partial charge is 0.416 e. The summed E-state index contributed by atoms with van der Waals surface area (Å²) < 4.78 is 50.6. The SMILES string of the molecule is FC(F)(F)c1ccc(OC(CCNCCCOc2cccc3ccccc23)c2ccccc2)cc1. The van der Waals surface area contributed by atoms with E-state index in [1.54, 1.807) is 0 Å². The number of rotatable bonds is 11. The van der Waals surface area contributed by atoms with Crippen LogP contribution in [0.4, 0.5) is 13.2 Å². The van der Waals surface area contributed by atoms with Crippen LogP contribution in [0.2, 0.25) is 0 Å². The van der Waals surface area contributed by atoms with Gasteiger partial charge in [-0.15, -0.1) is 0 Å². The molecule has 0 amide bonds. The Kier molecular flexibility index (Phi) is 8.27. The molecule has 3 nitrogen and oxygen atoms in total. The second-order valence-corrected chi connectivity index (χ2v) is 8.26. The van der Waals surface area contributed by atoms with Crippen LogP contribution >= 0.6 is 0 Å². The van der Waals surface area contributed by atoms with Crippen molar-refractivity contribution in [1.82, 2.24) is 5.32 Å². The average molecular weight is 480 g/mol. The fraction of sp³-hybridized carbons (Fsp3) is 0.241. The van der Waals surface area contributed by atoms with Gasteiger partial charge in [-0.1, -0.05) is 66.7 Å². The molecular formula is C29H28F3NO2. The topological polar surface area (TPSA) is 30.5 Å². The lowest BCUT2D eigenvalue weighted by molar-refractivity contribution is -0.137. The lowest BCUT2D eigenvalue weighted by atomic mass is 10.1. The number of alkyl halides is 3. The van der Waals surface area contributed by atoms with Crippen LogP contribution < -0.4 is 14.8 Å². The van der Waals surface area contributed by atoms with E-state index in [2.05, 4.69) is 23.5 Å². The Morgan fingerprint density at radius 1 is 0.743 bits per heavy atom. The van der Waals surface area contributed by atoms with Gasteiger partial charge in [-0.05, 0) is 60.8 Å². The molecule has 0 bridgehead atoms. The summed E-state index contributed by atoms with van der Waals surface area (Å²) in [5.74, 6) is 1.30. The van der Waals surface area contributed by atoms with Gasteiger partial charge in [0.2, 0.25) is 0 Å². The van der Waals surface area contributed by atoms with E-state index in [4.69, 9.17) is 9.47 Å². The molecule has 0 heterocycles. The Morgan fingerprint density at radius 3 is 2.23 bits per heavy atom. The maximum atomic E-state index is 12.8. The minimum atomic E-state index is -4.36. The third-order valence-corrected chi connectivity index (χ3v) is 5.72. The van der Waals surface area contributed by atoms with Crippen LogP contribution in [0.3, 0.4) is 0 Å². The van der Waals surface area contributed by atoms with Crippen molar-refractivity contribution in [3.8, 4) is 11.5 Å². The van der Waals surface area contributed by atoms with Crippen molar-refractivity contribution in [2.45, 2.75) is 25.1 Å². The zero-order chi connectivity index (χ0) is 24.5. The average Bonchev–Trinajstić information content (AvgIpc) is 2.88. The molecule has 0 fully saturated rings. The minimum absolute atomic E-state index is 0.271. The molecule has 182 valence electrons. The summed E-state index contributed by atoms with van der Waals surface area (Å²) >= 11 is 0. The summed E-state index contributed by atoms with van der Waals surface area (Å²) in [6.07, 6.45) is -3.11. The van der Waals surface area contributed by atoms with Crippen LogP contribution in [0.1, 0.15) is 30.1 Å². The summed E-state index contributed by atoms with van der Waals surface area (Å²) in [6, 6.07) is 28.7. The second-order valence-electron chi connectivity index (χ2n) is 8.26. The number of benzene rings is 4. The Hall–Kier alpha value is -3.51. The molecule has 4 aromatic carbocycles. The molecular weight excluding hydrogens is 451 g/mol. The predicted molar refractivity (Wildman–Crippen MR) is 133 cm³/mol. The van der Waals surface area contributed by atoms with Gasteiger partial charge in [-0.25, -0.2) is 0 Å². The number of halogens is 3. The fourth-order valence-electron chi connectivity index (χ4n) is 3.91. The molecule has 0 saturated carbocycles. The molecule has 1 N–H and O–H groups in total. The third-order valence-electron chi connectivity index (χ3n) is 5.72. The normalized spacial score (nSPS) is 12.4. The highest BCUT2D eigenvalue weighted by molar-refractivity contribution is 5.88. The maximum Gasteiger partial charge on any atom is 0.416 e. The first-order chi connectivity index (χ1) is 17.0. The van der Waals surface area contributed by atoms with Gasteiger partial charge in [0.25, 0.3) is 0 Å².